The van der Waals surface area contributed by atoms with Crippen LogP contribution in [-0.2, 0) is 22.0 Å². The number of fused-ring (bicyclic) bond motifs is 2. The second kappa shape index (κ2) is 5.93. The molecule has 3 rings (SSSR count). The molecule has 1 aliphatic rings. The highest BCUT2D eigenvalue weighted by Gasteiger charge is 2.23. The summed E-state index contributed by atoms with van der Waals surface area (Å²) in [5.74, 6) is -0.474. The van der Waals surface area contributed by atoms with E-state index in [9.17, 15) is 9.00 Å². The van der Waals surface area contributed by atoms with Crippen molar-refractivity contribution in [1.82, 2.24) is 0 Å². The Morgan fingerprint density at radius 2 is 1.95 bits per heavy atom. The SMILES string of the molecule is CCC(Oc1ccc2c(c1)Cc1ccccc1S2=O)C(=O)O. The van der Waals surface area contributed by atoms with Crippen molar-refractivity contribution in [3.8, 4) is 5.75 Å². The molecular formula is C17H16O4S. The standard InChI is InChI=1S/C17H16O4S/c1-2-14(17(18)19)21-13-7-8-16-12(10-13)9-11-5-3-4-6-15(11)22(16)20/h3-8,10,14H,2,9H2,1H3,(H,18,19). The average Bonchev–Trinajstić information content (AvgIpc) is 2.52. The smallest absolute Gasteiger partial charge is 0.344 e. The molecule has 0 aromatic heterocycles. The van der Waals surface area contributed by atoms with E-state index in [2.05, 4.69) is 0 Å². The summed E-state index contributed by atoms with van der Waals surface area (Å²) in [5.41, 5.74) is 1.96. The van der Waals surface area contributed by atoms with Gasteiger partial charge in [0, 0.05) is 9.79 Å². The number of carbonyl (C=O) groups is 1. The molecule has 0 saturated carbocycles. The maximum atomic E-state index is 12.6. The first-order valence-electron chi connectivity index (χ1n) is 7.12. The predicted molar refractivity (Wildman–Crippen MR) is 82.7 cm³/mol. The van der Waals surface area contributed by atoms with Gasteiger partial charge >= 0.3 is 5.97 Å². The fourth-order valence-corrected chi connectivity index (χ4v) is 3.95. The lowest BCUT2D eigenvalue weighted by atomic mass is 10.0. The molecule has 0 aliphatic carbocycles. The number of ether oxygens (including phenoxy) is 1. The van der Waals surface area contributed by atoms with Crippen molar-refractivity contribution in [2.24, 2.45) is 0 Å². The van der Waals surface area contributed by atoms with Crippen molar-refractivity contribution in [2.75, 3.05) is 0 Å². The molecule has 22 heavy (non-hydrogen) atoms. The molecule has 2 aromatic carbocycles. The molecule has 1 N–H and O–H groups in total. The van der Waals surface area contributed by atoms with Crippen LogP contribution in [0.25, 0.3) is 0 Å². The van der Waals surface area contributed by atoms with Gasteiger partial charge in [-0.2, -0.15) is 0 Å². The molecule has 0 bridgehead atoms. The third-order valence-electron chi connectivity index (χ3n) is 3.71. The van der Waals surface area contributed by atoms with Gasteiger partial charge in [-0.15, -0.1) is 0 Å². The van der Waals surface area contributed by atoms with Crippen LogP contribution in [-0.4, -0.2) is 21.4 Å². The highest BCUT2D eigenvalue weighted by atomic mass is 32.2. The minimum Gasteiger partial charge on any atom is -0.479 e. The molecule has 114 valence electrons. The Morgan fingerprint density at radius 3 is 2.68 bits per heavy atom. The van der Waals surface area contributed by atoms with Crippen LogP contribution < -0.4 is 4.74 Å². The molecule has 2 aromatic rings. The molecule has 2 atom stereocenters. The lowest BCUT2D eigenvalue weighted by Gasteiger charge is -2.20. The van der Waals surface area contributed by atoms with Crippen molar-refractivity contribution < 1.29 is 18.8 Å². The molecule has 1 aliphatic heterocycles. The molecular weight excluding hydrogens is 300 g/mol. The van der Waals surface area contributed by atoms with Crippen LogP contribution in [0, 0.1) is 0 Å². The first kappa shape index (κ1) is 14.8. The van der Waals surface area contributed by atoms with Crippen LogP contribution in [0.3, 0.4) is 0 Å². The minimum absolute atomic E-state index is 0.390. The number of aliphatic carboxylic acids is 1. The zero-order valence-corrected chi connectivity index (χ0v) is 12.9. The van der Waals surface area contributed by atoms with Crippen LogP contribution in [0.15, 0.2) is 52.3 Å². The van der Waals surface area contributed by atoms with Gasteiger partial charge in [0.05, 0.1) is 10.8 Å². The van der Waals surface area contributed by atoms with Crippen LogP contribution in [0.5, 0.6) is 5.75 Å². The number of hydrogen-bond donors (Lipinski definition) is 1. The Bertz CT molecular complexity index is 754. The van der Waals surface area contributed by atoms with Gasteiger partial charge in [-0.05, 0) is 48.2 Å². The monoisotopic (exact) mass is 316 g/mol. The number of benzene rings is 2. The van der Waals surface area contributed by atoms with Crippen LogP contribution in [0.1, 0.15) is 24.5 Å². The zero-order valence-electron chi connectivity index (χ0n) is 12.1. The Labute approximate surface area is 131 Å². The van der Waals surface area contributed by atoms with Crippen LogP contribution in [0.4, 0.5) is 0 Å². The van der Waals surface area contributed by atoms with Crippen LogP contribution in [0.2, 0.25) is 0 Å². The third-order valence-corrected chi connectivity index (χ3v) is 5.30. The summed E-state index contributed by atoms with van der Waals surface area (Å²) < 4.78 is 18.1. The van der Waals surface area contributed by atoms with E-state index in [1.807, 2.05) is 24.3 Å². The first-order chi connectivity index (χ1) is 10.6. The molecule has 0 amide bonds. The largest absolute Gasteiger partial charge is 0.479 e. The summed E-state index contributed by atoms with van der Waals surface area (Å²) in [6, 6.07) is 12.9. The molecule has 0 spiro atoms. The molecule has 5 heteroatoms. The summed E-state index contributed by atoms with van der Waals surface area (Å²) in [6.07, 6.45) is 0.207. The Kier molecular flexibility index (Phi) is 3.98. The van der Waals surface area contributed by atoms with E-state index < -0.39 is 22.9 Å². The highest BCUT2D eigenvalue weighted by molar-refractivity contribution is 7.85. The maximum absolute atomic E-state index is 12.6. The summed E-state index contributed by atoms with van der Waals surface area (Å²) in [4.78, 5) is 12.7. The van der Waals surface area contributed by atoms with E-state index in [4.69, 9.17) is 9.84 Å². The van der Waals surface area contributed by atoms with Gasteiger partial charge in [-0.25, -0.2) is 9.00 Å². The molecule has 0 saturated heterocycles. The maximum Gasteiger partial charge on any atom is 0.344 e. The number of hydrogen-bond acceptors (Lipinski definition) is 3. The zero-order chi connectivity index (χ0) is 15.7. The van der Waals surface area contributed by atoms with E-state index in [-0.39, 0.29) is 0 Å². The number of rotatable bonds is 4. The lowest BCUT2D eigenvalue weighted by Crippen LogP contribution is -2.26. The Hall–Kier alpha value is -2.14. The van der Waals surface area contributed by atoms with Crippen molar-refractivity contribution >= 4 is 16.8 Å². The second-order valence-electron chi connectivity index (χ2n) is 5.18. The second-order valence-corrected chi connectivity index (χ2v) is 6.59. The Balaban J connectivity index is 1.93. The van der Waals surface area contributed by atoms with E-state index in [0.29, 0.717) is 18.6 Å². The van der Waals surface area contributed by atoms with Gasteiger partial charge in [-0.3, -0.25) is 0 Å². The average molecular weight is 316 g/mol. The van der Waals surface area contributed by atoms with Crippen molar-refractivity contribution in [3.05, 3.63) is 53.6 Å². The number of carboxylic acid groups (broad SMARTS) is 1. The van der Waals surface area contributed by atoms with Gasteiger partial charge in [-0.1, -0.05) is 25.1 Å². The topological polar surface area (TPSA) is 63.6 Å². The van der Waals surface area contributed by atoms with Crippen molar-refractivity contribution in [2.45, 2.75) is 35.7 Å². The van der Waals surface area contributed by atoms with Gasteiger partial charge in [0.1, 0.15) is 5.75 Å². The molecule has 1 heterocycles. The quantitative estimate of drug-likeness (QED) is 0.803. The minimum atomic E-state index is -1.19. The summed E-state index contributed by atoms with van der Waals surface area (Å²) >= 11 is 0. The van der Waals surface area contributed by atoms with E-state index in [0.717, 1.165) is 20.9 Å². The summed E-state index contributed by atoms with van der Waals surface area (Å²) in [7, 11) is -1.19. The predicted octanol–water partition coefficient (Wildman–Crippen LogP) is 3.00. The van der Waals surface area contributed by atoms with E-state index >= 15 is 0 Å². The summed E-state index contributed by atoms with van der Waals surface area (Å²) in [6.45, 7) is 1.77. The highest BCUT2D eigenvalue weighted by Crippen LogP contribution is 2.33. The third kappa shape index (κ3) is 2.64. The lowest BCUT2D eigenvalue weighted by molar-refractivity contribution is -0.145. The molecule has 2 unspecified atom stereocenters. The fraction of sp³-hybridized carbons (Fsp3) is 0.235. The van der Waals surface area contributed by atoms with Crippen molar-refractivity contribution in [1.29, 1.82) is 0 Å². The van der Waals surface area contributed by atoms with Gasteiger partial charge < -0.3 is 9.84 Å². The van der Waals surface area contributed by atoms with E-state index in [1.54, 1.807) is 25.1 Å². The van der Waals surface area contributed by atoms with E-state index in [1.165, 1.54) is 0 Å². The van der Waals surface area contributed by atoms with Crippen molar-refractivity contribution in [3.63, 3.8) is 0 Å². The van der Waals surface area contributed by atoms with Gasteiger partial charge in [0.25, 0.3) is 0 Å². The molecule has 0 fully saturated rings. The normalized spacial score (nSPS) is 17.2. The van der Waals surface area contributed by atoms with Gasteiger partial charge in [0.15, 0.2) is 6.10 Å². The fourth-order valence-electron chi connectivity index (χ4n) is 2.58. The first-order valence-corrected chi connectivity index (χ1v) is 8.27. The van der Waals surface area contributed by atoms with Gasteiger partial charge in [0.2, 0.25) is 0 Å². The van der Waals surface area contributed by atoms with Crippen LogP contribution >= 0.6 is 0 Å². The molecule has 4 nitrogen and oxygen atoms in total. The summed E-state index contributed by atoms with van der Waals surface area (Å²) in [5, 5.41) is 9.07. The number of carboxylic acids is 1. The molecule has 0 radical (unpaired) electrons. The Morgan fingerprint density at radius 1 is 1.23 bits per heavy atom.